The first-order chi connectivity index (χ1) is 7.97. The zero-order chi connectivity index (χ0) is 12.6. The van der Waals surface area contributed by atoms with Crippen LogP contribution in [0.3, 0.4) is 0 Å². The molecule has 2 N–H and O–H groups in total. The number of nitrogens with two attached hydrogens (primary N) is 1. The molecule has 0 amide bonds. The highest BCUT2D eigenvalue weighted by Gasteiger charge is 2.50. The Morgan fingerprint density at radius 3 is 2.82 bits per heavy atom. The second kappa shape index (κ2) is 4.46. The largest absolute Gasteiger partial charge is 0.490 e. The lowest BCUT2D eigenvalue weighted by Gasteiger charge is -2.51. The molecule has 0 heterocycles. The van der Waals surface area contributed by atoms with E-state index in [2.05, 4.69) is 13.8 Å². The van der Waals surface area contributed by atoms with Crippen molar-refractivity contribution in [2.24, 2.45) is 11.1 Å². The molecule has 1 saturated carbocycles. The van der Waals surface area contributed by atoms with E-state index in [4.69, 9.17) is 22.1 Å². The van der Waals surface area contributed by atoms with Gasteiger partial charge in [0.1, 0.15) is 17.7 Å². The predicted octanol–water partition coefficient (Wildman–Crippen LogP) is 3.37. The van der Waals surface area contributed by atoms with Crippen molar-refractivity contribution in [3.8, 4) is 5.75 Å². The summed E-state index contributed by atoms with van der Waals surface area (Å²) in [5.41, 5.74) is 6.00. The Balaban J connectivity index is 2.09. The number of ether oxygens (including phenoxy) is 1. The van der Waals surface area contributed by atoms with Gasteiger partial charge in [0, 0.05) is 23.9 Å². The molecule has 1 fully saturated rings. The lowest BCUT2D eigenvalue weighted by Crippen LogP contribution is -2.61. The van der Waals surface area contributed by atoms with Crippen LogP contribution in [0.1, 0.15) is 26.7 Å². The van der Waals surface area contributed by atoms with E-state index in [0.29, 0.717) is 5.75 Å². The van der Waals surface area contributed by atoms with E-state index in [9.17, 15) is 4.39 Å². The van der Waals surface area contributed by atoms with Gasteiger partial charge in [0.2, 0.25) is 0 Å². The monoisotopic (exact) mass is 257 g/mol. The molecule has 1 aliphatic rings. The molecule has 3 unspecified atom stereocenters. The Hall–Kier alpha value is -0.800. The zero-order valence-electron chi connectivity index (χ0n) is 10.0. The average molecular weight is 258 g/mol. The lowest BCUT2D eigenvalue weighted by molar-refractivity contribution is -0.0560. The maximum Gasteiger partial charge on any atom is 0.142 e. The summed E-state index contributed by atoms with van der Waals surface area (Å²) in [6, 6.07) is 4.60. The smallest absolute Gasteiger partial charge is 0.142 e. The van der Waals surface area contributed by atoms with Crippen LogP contribution in [0.4, 0.5) is 4.39 Å². The first-order valence-corrected chi connectivity index (χ1v) is 6.22. The van der Waals surface area contributed by atoms with Gasteiger partial charge in [0.15, 0.2) is 0 Å². The summed E-state index contributed by atoms with van der Waals surface area (Å²) in [5.74, 6) is 0.176. The molecular formula is C13H17ClFNO. The molecule has 0 aromatic heterocycles. The Morgan fingerprint density at radius 1 is 1.59 bits per heavy atom. The average Bonchev–Trinajstić information content (AvgIpc) is 2.32. The van der Waals surface area contributed by atoms with Gasteiger partial charge < -0.3 is 10.5 Å². The normalized spacial score (nSPS) is 32.1. The standard InChI is InChI=1S/C13H17ClFNO/c1-3-13(2)11(16)7-12(13)17-8-4-5-10(15)9(14)6-8/h4-6,11-12H,3,7,16H2,1-2H3. The first-order valence-electron chi connectivity index (χ1n) is 5.84. The molecule has 0 radical (unpaired) electrons. The molecule has 0 aliphatic heterocycles. The molecule has 94 valence electrons. The highest BCUT2D eigenvalue weighted by molar-refractivity contribution is 6.30. The molecule has 17 heavy (non-hydrogen) atoms. The zero-order valence-corrected chi connectivity index (χ0v) is 10.8. The third-order valence-electron chi connectivity index (χ3n) is 3.98. The molecule has 0 bridgehead atoms. The van der Waals surface area contributed by atoms with Crippen LogP contribution in [-0.4, -0.2) is 12.1 Å². The van der Waals surface area contributed by atoms with Crippen LogP contribution in [0.15, 0.2) is 18.2 Å². The van der Waals surface area contributed by atoms with Crippen molar-refractivity contribution in [2.45, 2.75) is 38.8 Å². The summed E-state index contributed by atoms with van der Waals surface area (Å²) in [5, 5.41) is 0.0873. The molecule has 0 spiro atoms. The molecule has 4 heteroatoms. The van der Waals surface area contributed by atoms with Crippen molar-refractivity contribution in [1.29, 1.82) is 0 Å². The van der Waals surface area contributed by atoms with Gasteiger partial charge in [0.05, 0.1) is 5.02 Å². The fourth-order valence-electron chi connectivity index (χ4n) is 2.23. The summed E-state index contributed by atoms with van der Waals surface area (Å²) < 4.78 is 18.8. The maximum absolute atomic E-state index is 13.0. The molecule has 2 nitrogen and oxygen atoms in total. The van der Waals surface area contributed by atoms with E-state index < -0.39 is 5.82 Å². The van der Waals surface area contributed by atoms with Crippen LogP contribution in [0.5, 0.6) is 5.75 Å². The minimum atomic E-state index is -0.428. The van der Waals surface area contributed by atoms with Crippen LogP contribution >= 0.6 is 11.6 Å². The molecular weight excluding hydrogens is 241 g/mol. The lowest BCUT2D eigenvalue weighted by atomic mass is 9.62. The van der Waals surface area contributed by atoms with Gasteiger partial charge in [-0.05, 0) is 18.6 Å². The third-order valence-corrected chi connectivity index (χ3v) is 4.27. The fraction of sp³-hybridized carbons (Fsp3) is 0.538. The summed E-state index contributed by atoms with van der Waals surface area (Å²) in [7, 11) is 0. The van der Waals surface area contributed by atoms with Crippen molar-refractivity contribution in [3.05, 3.63) is 29.0 Å². The topological polar surface area (TPSA) is 35.2 Å². The van der Waals surface area contributed by atoms with Gasteiger partial charge in [-0.15, -0.1) is 0 Å². The minimum Gasteiger partial charge on any atom is -0.490 e. The van der Waals surface area contributed by atoms with E-state index in [1.165, 1.54) is 12.1 Å². The van der Waals surface area contributed by atoms with Gasteiger partial charge in [-0.3, -0.25) is 0 Å². The Bertz CT molecular complexity index is 426. The van der Waals surface area contributed by atoms with Gasteiger partial charge in [-0.25, -0.2) is 4.39 Å². The van der Waals surface area contributed by atoms with E-state index in [1.807, 2.05) is 0 Å². The Kier molecular flexibility index (Phi) is 3.32. The van der Waals surface area contributed by atoms with Gasteiger partial charge in [-0.2, -0.15) is 0 Å². The van der Waals surface area contributed by atoms with Crippen molar-refractivity contribution < 1.29 is 9.13 Å². The number of halogens is 2. The van der Waals surface area contributed by atoms with Crippen molar-refractivity contribution in [1.82, 2.24) is 0 Å². The quantitative estimate of drug-likeness (QED) is 0.901. The van der Waals surface area contributed by atoms with Crippen molar-refractivity contribution >= 4 is 11.6 Å². The van der Waals surface area contributed by atoms with E-state index >= 15 is 0 Å². The van der Waals surface area contributed by atoms with Crippen LogP contribution in [-0.2, 0) is 0 Å². The SMILES string of the molecule is CCC1(C)C(N)CC1Oc1ccc(F)c(Cl)c1. The van der Waals surface area contributed by atoms with Gasteiger partial charge >= 0.3 is 0 Å². The van der Waals surface area contributed by atoms with Crippen molar-refractivity contribution in [2.75, 3.05) is 0 Å². The van der Waals surface area contributed by atoms with Crippen LogP contribution in [0.25, 0.3) is 0 Å². The van der Waals surface area contributed by atoms with Crippen LogP contribution in [0.2, 0.25) is 5.02 Å². The Labute approximate surface area is 106 Å². The predicted molar refractivity (Wildman–Crippen MR) is 66.8 cm³/mol. The fourth-order valence-corrected chi connectivity index (χ4v) is 2.40. The van der Waals surface area contributed by atoms with Crippen molar-refractivity contribution in [3.63, 3.8) is 0 Å². The number of hydrogen-bond acceptors (Lipinski definition) is 2. The minimum absolute atomic E-state index is 0.000855. The summed E-state index contributed by atoms with van der Waals surface area (Å²) >= 11 is 5.71. The molecule has 0 saturated heterocycles. The number of rotatable bonds is 3. The van der Waals surface area contributed by atoms with Gasteiger partial charge in [0.25, 0.3) is 0 Å². The first kappa shape index (κ1) is 12.7. The van der Waals surface area contributed by atoms with E-state index in [0.717, 1.165) is 12.8 Å². The highest BCUT2D eigenvalue weighted by Crippen LogP contribution is 2.45. The second-order valence-electron chi connectivity index (χ2n) is 4.88. The number of benzene rings is 1. The molecule has 1 aliphatic carbocycles. The van der Waals surface area contributed by atoms with Gasteiger partial charge in [-0.1, -0.05) is 25.4 Å². The summed E-state index contributed by atoms with van der Waals surface area (Å²) in [6.45, 7) is 4.23. The molecule has 1 aromatic carbocycles. The molecule has 3 atom stereocenters. The van der Waals surface area contributed by atoms with Crippen LogP contribution in [0, 0.1) is 11.2 Å². The number of hydrogen-bond donors (Lipinski definition) is 1. The third kappa shape index (κ3) is 2.14. The Morgan fingerprint density at radius 2 is 2.29 bits per heavy atom. The highest BCUT2D eigenvalue weighted by atomic mass is 35.5. The maximum atomic E-state index is 13.0. The second-order valence-corrected chi connectivity index (χ2v) is 5.29. The molecule has 2 rings (SSSR count). The van der Waals surface area contributed by atoms with E-state index in [1.54, 1.807) is 6.07 Å². The summed E-state index contributed by atoms with van der Waals surface area (Å²) in [6.07, 6.45) is 1.89. The van der Waals surface area contributed by atoms with Crippen LogP contribution < -0.4 is 10.5 Å². The summed E-state index contributed by atoms with van der Waals surface area (Å²) in [4.78, 5) is 0. The molecule has 1 aromatic rings. The van der Waals surface area contributed by atoms with E-state index in [-0.39, 0.29) is 22.6 Å².